The fraction of sp³-hybridized carbons (Fsp3) is 0.208. The number of fused-ring (bicyclic) bond motifs is 1. The Hall–Kier alpha value is -3.81. The van der Waals surface area contributed by atoms with E-state index in [1.807, 2.05) is 42.5 Å². The van der Waals surface area contributed by atoms with Gasteiger partial charge in [-0.15, -0.1) is 0 Å². The van der Waals surface area contributed by atoms with Crippen LogP contribution < -0.4 is 15.5 Å². The Morgan fingerprint density at radius 1 is 1.03 bits per heavy atom. The molecule has 2 unspecified atom stereocenters. The molecule has 0 saturated carbocycles. The van der Waals surface area contributed by atoms with Gasteiger partial charge in [-0.05, 0) is 29.1 Å². The molecule has 164 valence electrons. The number of nitrogens with one attached hydrogen (secondary N) is 2. The summed E-state index contributed by atoms with van der Waals surface area (Å²) in [5.74, 6) is -4.17. The van der Waals surface area contributed by atoms with Crippen molar-refractivity contribution in [1.29, 1.82) is 0 Å². The number of carbonyl (C=O) groups excluding carboxylic acids is 3. The van der Waals surface area contributed by atoms with Gasteiger partial charge < -0.3 is 15.5 Å². The molecule has 1 aliphatic heterocycles. The van der Waals surface area contributed by atoms with Crippen LogP contribution in [-0.4, -0.2) is 31.3 Å². The summed E-state index contributed by atoms with van der Waals surface area (Å²) in [5, 5.41) is 6.87. The Bertz CT molecular complexity index is 1210. The monoisotopic (exact) mass is 437 g/mol. The lowest BCUT2D eigenvalue weighted by Crippen LogP contribution is -2.42. The van der Waals surface area contributed by atoms with E-state index in [-0.39, 0.29) is 24.4 Å². The maximum absolute atomic E-state index is 13.7. The third kappa shape index (κ3) is 4.03. The van der Waals surface area contributed by atoms with Crippen LogP contribution >= 0.6 is 0 Å². The average Bonchev–Trinajstić information content (AvgIpc) is 3.19. The number of hydrogen-bond donors (Lipinski definition) is 2. The van der Waals surface area contributed by atoms with E-state index in [1.54, 1.807) is 4.90 Å². The average molecular weight is 437 g/mol. The van der Waals surface area contributed by atoms with Gasteiger partial charge in [0.15, 0.2) is 11.6 Å². The molecule has 2 atom stereocenters. The van der Waals surface area contributed by atoms with E-state index in [9.17, 15) is 23.2 Å². The normalized spacial score (nSPS) is 16.8. The minimum Gasteiger partial charge on any atom is -0.357 e. The highest BCUT2D eigenvalue weighted by molar-refractivity contribution is 6.07. The van der Waals surface area contributed by atoms with Gasteiger partial charge in [0.25, 0.3) is 0 Å². The molecule has 1 heterocycles. The molecule has 3 aromatic rings. The topological polar surface area (TPSA) is 78.5 Å². The predicted molar refractivity (Wildman–Crippen MR) is 116 cm³/mol. The van der Waals surface area contributed by atoms with Gasteiger partial charge in [0, 0.05) is 25.4 Å². The third-order valence-electron chi connectivity index (χ3n) is 5.63. The van der Waals surface area contributed by atoms with Gasteiger partial charge in [-0.25, -0.2) is 8.78 Å². The van der Waals surface area contributed by atoms with Gasteiger partial charge in [0.2, 0.25) is 17.7 Å². The SMILES string of the molecule is CNC(=O)C(NC(=O)C1CC(=O)N(c2cccc3ccccc23)C1)c1ccc(F)c(F)c1. The lowest BCUT2D eigenvalue weighted by molar-refractivity contribution is -0.131. The molecule has 0 spiro atoms. The van der Waals surface area contributed by atoms with Crippen molar-refractivity contribution in [2.24, 2.45) is 5.92 Å². The zero-order chi connectivity index (χ0) is 22.8. The maximum Gasteiger partial charge on any atom is 0.246 e. The van der Waals surface area contributed by atoms with Crippen LogP contribution in [0.4, 0.5) is 14.5 Å². The van der Waals surface area contributed by atoms with Crippen molar-refractivity contribution in [3.8, 4) is 0 Å². The van der Waals surface area contributed by atoms with Crippen LogP contribution in [0, 0.1) is 17.6 Å². The Labute approximate surface area is 183 Å². The van der Waals surface area contributed by atoms with Gasteiger partial charge in [-0.2, -0.15) is 0 Å². The fourth-order valence-electron chi connectivity index (χ4n) is 3.96. The third-order valence-corrected chi connectivity index (χ3v) is 5.63. The first-order chi connectivity index (χ1) is 15.4. The second-order valence-electron chi connectivity index (χ2n) is 7.63. The molecule has 32 heavy (non-hydrogen) atoms. The fourth-order valence-corrected chi connectivity index (χ4v) is 3.96. The van der Waals surface area contributed by atoms with Crippen molar-refractivity contribution in [2.75, 3.05) is 18.5 Å². The van der Waals surface area contributed by atoms with Gasteiger partial charge in [0.05, 0.1) is 11.6 Å². The molecule has 8 heteroatoms. The molecule has 1 saturated heterocycles. The molecule has 6 nitrogen and oxygen atoms in total. The second-order valence-corrected chi connectivity index (χ2v) is 7.63. The van der Waals surface area contributed by atoms with E-state index in [0.29, 0.717) is 5.69 Å². The molecule has 3 aromatic carbocycles. The quantitative estimate of drug-likeness (QED) is 0.644. The molecule has 0 bridgehead atoms. The van der Waals surface area contributed by atoms with Gasteiger partial charge in [-0.3, -0.25) is 14.4 Å². The molecule has 0 radical (unpaired) electrons. The molecular formula is C24H21F2N3O3. The van der Waals surface area contributed by atoms with Crippen LogP contribution in [0.5, 0.6) is 0 Å². The van der Waals surface area contributed by atoms with E-state index in [2.05, 4.69) is 10.6 Å². The molecule has 3 amide bonds. The van der Waals surface area contributed by atoms with Crippen LogP contribution in [-0.2, 0) is 14.4 Å². The summed E-state index contributed by atoms with van der Waals surface area (Å²) in [7, 11) is 1.38. The number of likely N-dealkylation sites (N-methyl/N-ethyl adjacent to an activating group) is 1. The summed E-state index contributed by atoms with van der Waals surface area (Å²) in [5.41, 5.74) is 0.818. The molecule has 2 N–H and O–H groups in total. The van der Waals surface area contributed by atoms with Gasteiger partial charge in [-0.1, -0.05) is 42.5 Å². The van der Waals surface area contributed by atoms with Crippen LogP contribution in [0.15, 0.2) is 60.7 Å². The first-order valence-corrected chi connectivity index (χ1v) is 10.1. The van der Waals surface area contributed by atoms with E-state index < -0.39 is 35.4 Å². The molecule has 1 fully saturated rings. The lowest BCUT2D eigenvalue weighted by Gasteiger charge is -2.21. The number of halogens is 2. The Morgan fingerprint density at radius 2 is 1.78 bits per heavy atom. The lowest BCUT2D eigenvalue weighted by atomic mass is 10.0. The summed E-state index contributed by atoms with van der Waals surface area (Å²) >= 11 is 0. The van der Waals surface area contributed by atoms with E-state index >= 15 is 0 Å². The summed E-state index contributed by atoms with van der Waals surface area (Å²) in [4.78, 5) is 39.6. The standard InChI is InChI=1S/C24H21F2N3O3/c1-27-24(32)22(15-9-10-18(25)19(26)11-15)28-23(31)16-12-21(30)29(13-16)20-8-4-6-14-5-2-3-7-17(14)20/h2-11,16,22H,12-13H2,1H3,(H,27,32)(H,28,31). The van der Waals surface area contributed by atoms with Crippen LogP contribution in [0.1, 0.15) is 18.0 Å². The van der Waals surface area contributed by atoms with E-state index in [0.717, 1.165) is 22.9 Å². The number of amides is 3. The number of rotatable bonds is 5. The summed E-state index contributed by atoms with van der Waals surface area (Å²) < 4.78 is 27.0. The smallest absolute Gasteiger partial charge is 0.246 e. The zero-order valence-corrected chi connectivity index (χ0v) is 17.3. The molecule has 0 aromatic heterocycles. The first-order valence-electron chi connectivity index (χ1n) is 10.1. The highest BCUT2D eigenvalue weighted by atomic mass is 19.2. The predicted octanol–water partition coefficient (Wildman–Crippen LogP) is 3.07. The second kappa shape index (κ2) is 8.74. The van der Waals surface area contributed by atoms with Crippen molar-refractivity contribution in [2.45, 2.75) is 12.5 Å². The number of hydrogen-bond acceptors (Lipinski definition) is 3. The van der Waals surface area contributed by atoms with Gasteiger partial charge >= 0.3 is 0 Å². The Balaban J connectivity index is 1.56. The largest absolute Gasteiger partial charge is 0.357 e. The Kier molecular flexibility index (Phi) is 5.85. The molecule has 0 aliphatic carbocycles. The number of carbonyl (C=O) groups is 3. The van der Waals surface area contributed by atoms with Crippen molar-refractivity contribution in [3.05, 3.63) is 77.9 Å². The minimum absolute atomic E-state index is 0.0205. The minimum atomic E-state index is -1.22. The van der Waals surface area contributed by atoms with Crippen molar-refractivity contribution in [3.63, 3.8) is 0 Å². The van der Waals surface area contributed by atoms with Crippen LogP contribution in [0.3, 0.4) is 0 Å². The van der Waals surface area contributed by atoms with Crippen molar-refractivity contribution >= 4 is 34.2 Å². The van der Waals surface area contributed by atoms with Crippen molar-refractivity contribution in [1.82, 2.24) is 10.6 Å². The number of benzene rings is 3. The van der Waals surface area contributed by atoms with E-state index in [4.69, 9.17) is 0 Å². The molecule has 1 aliphatic rings. The van der Waals surface area contributed by atoms with Crippen molar-refractivity contribution < 1.29 is 23.2 Å². The Morgan fingerprint density at radius 3 is 2.53 bits per heavy atom. The first kappa shape index (κ1) is 21.4. The summed E-state index contributed by atoms with van der Waals surface area (Å²) in [6, 6.07) is 15.1. The molecular weight excluding hydrogens is 416 g/mol. The number of anilines is 1. The highest BCUT2D eigenvalue weighted by Gasteiger charge is 2.37. The number of nitrogens with zero attached hydrogens (tertiary/aromatic N) is 1. The van der Waals surface area contributed by atoms with Gasteiger partial charge in [0.1, 0.15) is 6.04 Å². The zero-order valence-electron chi connectivity index (χ0n) is 17.3. The maximum atomic E-state index is 13.7. The van der Waals surface area contributed by atoms with E-state index in [1.165, 1.54) is 13.1 Å². The summed E-state index contributed by atoms with van der Waals surface area (Å²) in [6.07, 6.45) is -0.0205. The highest BCUT2D eigenvalue weighted by Crippen LogP contribution is 2.32. The van der Waals surface area contributed by atoms with Crippen LogP contribution in [0.2, 0.25) is 0 Å². The molecule has 4 rings (SSSR count). The summed E-state index contributed by atoms with van der Waals surface area (Å²) in [6.45, 7) is 0.150. The van der Waals surface area contributed by atoms with Crippen LogP contribution in [0.25, 0.3) is 10.8 Å².